The van der Waals surface area contributed by atoms with Crippen LogP contribution in [0, 0.1) is 0 Å². The van der Waals surface area contributed by atoms with E-state index in [9.17, 15) is 0 Å². The van der Waals surface area contributed by atoms with Gasteiger partial charge >= 0.3 is 0 Å². The molecule has 0 bridgehead atoms. The molecule has 184 valence electrons. The van der Waals surface area contributed by atoms with Crippen molar-refractivity contribution in [2.75, 3.05) is 4.90 Å². The van der Waals surface area contributed by atoms with Crippen molar-refractivity contribution in [3.05, 3.63) is 140 Å². The van der Waals surface area contributed by atoms with E-state index in [1.54, 1.807) is 0 Å². The summed E-state index contributed by atoms with van der Waals surface area (Å²) >= 11 is 0. The zero-order valence-electron chi connectivity index (χ0n) is 21.0. The molecule has 39 heavy (non-hydrogen) atoms. The van der Waals surface area contributed by atoms with Gasteiger partial charge in [0.15, 0.2) is 0 Å². The van der Waals surface area contributed by atoms with Gasteiger partial charge in [0.05, 0.1) is 11.1 Å². The first-order chi connectivity index (χ1) is 19.3. The summed E-state index contributed by atoms with van der Waals surface area (Å²) in [6.45, 7) is 0. The van der Waals surface area contributed by atoms with Crippen LogP contribution in [0.3, 0.4) is 0 Å². The Balaban J connectivity index is 1.38. The SMILES string of the molecule is c1ccc(-c2ccc3oc4cc5c(cc4c3c2)oc2cccc(N(c3ccccc3)c3ccccc3)c25)cc1. The van der Waals surface area contributed by atoms with Gasteiger partial charge in [-0.2, -0.15) is 0 Å². The molecule has 3 nitrogen and oxygen atoms in total. The highest BCUT2D eigenvalue weighted by atomic mass is 16.3. The van der Waals surface area contributed by atoms with E-state index in [-0.39, 0.29) is 0 Å². The van der Waals surface area contributed by atoms with Crippen molar-refractivity contribution in [2.45, 2.75) is 0 Å². The van der Waals surface area contributed by atoms with Crippen LogP contribution in [0.2, 0.25) is 0 Å². The topological polar surface area (TPSA) is 29.5 Å². The molecule has 0 aliphatic rings. The first kappa shape index (κ1) is 21.8. The average Bonchev–Trinajstić information content (AvgIpc) is 3.55. The number of fused-ring (bicyclic) bond motifs is 6. The highest BCUT2D eigenvalue weighted by Gasteiger charge is 2.20. The summed E-state index contributed by atoms with van der Waals surface area (Å²) in [5.74, 6) is 0. The summed E-state index contributed by atoms with van der Waals surface area (Å²) in [6, 6.07) is 48.3. The summed E-state index contributed by atoms with van der Waals surface area (Å²) in [4.78, 5) is 2.28. The van der Waals surface area contributed by atoms with E-state index in [4.69, 9.17) is 8.83 Å². The fourth-order valence-electron chi connectivity index (χ4n) is 5.65. The maximum atomic E-state index is 6.49. The highest BCUT2D eigenvalue weighted by molar-refractivity contribution is 6.18. The minimum Gasteiger partial charge on any atom is -0.456 e. The molecule has 0 unspecified atom stereocenters. The van der Waals surface area contributed by atoms with Crippen LogP contribution in [0.15, 0.2) is 148 Å². The lowest BCUT2D eigenvalue weighted by Crippen LogP contribution is -2.09. The van der Waals surface area contributed by atoms with Crippen LogP contribution in [-0.2, 0) is 0 Å². The van der Waals surface area contributed by atoms with E-state index in [0.717, 1.165) is 60.9 Å². The number of benzene rings is 6. The summed E-state index contributed by atoms with van der Waals surface area (Å²) in [5.41, 5.74) is 9.01. The fraction of sp³-hybridized carbons (Fsp3) is 0. The van der Waals surface area contributed by atoms with Crippen molar-refractivity contribution >= 4 is 60.9 Å². The number of hydrogen-bond acceptors (Lipinski definition) is 3. The van der Waals surface area contributed by atoms with Crippen molar-refractivity contribution in [3.63, 3.8) is 0 Å². The average molecular weight is 502 g/mol. The molecule has 8 rings (SSSR count). The first-order valence-corrected chi connectivity index (χ1v) is 13.1. The van der Waals surface area contributed by atoms with Crippen LogP contribution >= 0.6 is 0 Å². The Kier molecular flexibility index (Phi) is 4.82. The van der Waals surface area contributed by atoms with Crippen molar-refractivity contribution in [2.24, 2.45) is 0 Å². The summed E-state index contributed by atoms with van der Waals surface area (Å²) in [5, 5.41) is 4.24. The van der Waals surface area contributed by atoms with Crippen LogP contribution in [0.5, 0.6) is 0 Å². The van der Waals surface area contributed by atoms with Gasteiger partial charge in [0.1, 0.15) is 22.3 Å². The minimum atomic E-state index is 0.846. The Labute approximate surface area is 225 Å². The maximum absolute atomic E-state index is 6.49. The molecule has 0 fully saturated rings. The van der Waals surface area contributed by atoms with Crippen LogP contribution in [0.1, 0.15) is 0 Å². The Morgan fingerprint density at radius 1 is 0.385 bits per heavy atom. The van der Waals surface area contributed by atoms with E-state index in [1.807, 2.05) is 24.3 Å². The second-order valence-corrected chi connectivity index (χ2v) is 9.78. The lowest BCUT2D eigenvalue weighted by Gasteiger charge is -2.26. The molecule has 0 saturated heterocycles. The molecular formula is C36H23NO2. The monoisotopic (exact) mass is 501 g/mol. The van der Waals surface area contributed by atoms with E-state index in [1.165, 1.54) is 11.1 Å². The van der Waals surface area contributed by atoms with Crippen LogP contribution < -0.4 is 4.90 Å². The highest BCUT2D eigenvalue weighted by Crippen LogP contribution is 2.44. The number of hydrogen-bond donors (Lipinski definition) is 0. The standard InChI is InChI=1S/C36H23NO2/c1-4-11-24(12-5-1)25-19-20-32-28(21-25)29-22-35-30(23-34(29)38-32)36-31(17-10-18-33(36)39-35)37(26-13-6-2-7-14-26)27-15-8-3-9-16-27/h1-23H. The molecule has 0 N–H and O–H groups in total. The largest absolute Gasteiger partial charge is 0.456 e. The van der Waals surface area contributed by atoms with Crippen molar-refractivity contribution in [3.8, 4) is 11.1 Å². The van der Waals surface area contributed by atoms with Gasteiger partial charge in [0, 0.05) is 27.5 Å². The second kappa shape index (κ2) is 8.64. The van der Waals surface area contributed by atoms with Gasteiger partial charge < -0.3 is 13.7 Å². The Bertz CT molecular complexity index is 2070. The Morgan fingerprint density at radius 3 is 1.69 bits per heavy atom. The molecule has 0 amide bonds. The van der Waals surface area contributed by atoms with Crippen molar-refractivity contribution in [1.82, 2.24) is 0 Å². The maximum Gasteiger partial charge on any atom is 0.137 e. The van der Waals surface area contributed by atoms with E-state index in [0.29, 0.717) is 0 Å². The van der Waals surface area contributed by atoms with Crippen molar-refractivity contribution < 1.29 is 8.83 Å². The van der Waals surface area contributed by atoms with Crippen LogP contribution in [0.4, 0.5) is 17.1 Å². The van der Waals surface area contributed by atoms with Crippen LogP contribution in [-0.4, -0.2) is 0 Å². The van der Waals surface area contributed by atoms with Crippen LogP contribution in [0.25, 0.3) is 55.0 Å². The molecule has 0 saturated carbocycles. The smallest absolute Gasteiger partial charge is 0.137 e. The van der Waals surface area contributed by atoms with Gasteiger partial charge in [0.25, 0.3) is 0 Å². The third-order valence-electron chi connectivity index (χ3n) is 7.44. The number of anilines is 3. The van der Waals surface area contributed by atoms with E-state index in [2.05, 4.69) is 120 Å². The molecule has 2 aromatic heterocycles. The molecule has 0 atom stereocenters. The van der Waals surface area contributed by atoms with Gasteiger partial charge in [-0.05, 0) is 71.8 Å². The quantitative estimate of drug-likeness (QED) is 0.240. The third kappa shape index (κ3) is 3.52. The normalized spacial score (nSPS) is 11.6. The molecule has 8 aromatic rings. The Hall–Kier alpha value is -5.28. The molecule has 6 aromatic carbocycles. The molecular weight excluding hydrogens is 478 g/mol. The number of furan rings is 2. The molecule has 2 heterocycles. The number of nitrogens with zero attached hydrogens (tertiary/aromatic N) is 1. The fourth-order valence-corrected chi connectivity index (χ4v) is 5.65. The zero-order valence-corrected chi connectivity index (χ0v) is 21.0. The predicted molar refractivity (Wildman–Crippen MR) is 161 cm³/mol. The zero-order chi connectivity index (χ0) is 25.8. The molecule has 0 aliphatic carbocycles. The van der Waals surface area contributed by atoms with Gasteiger partial charge in [-0.25, -0.2) is 0 Å². The summed E-state index contributed by atoms with van der Waals surface area (Å²) < 4.78 is 12.9. The minimum absolute atomic E-state index is 0.846. The lowest BCUT2D eigenvalue weighted by molar-refractivity contribution is 0.664. The summed E-state index contributed by atoms with van der Waals surface area (Å²) in [6.07, 6.45) is 0. The third-order valence-corrected chi connectivity index (χ3v) is 7.44. The first-order valence-electron chi connectivity index (χ1n) is 13.1. The lowest BCUT2D eigenvalue weighted by atomic mass is 10.0. The van der Waals surface area contributed by atoms with Crippen molar-refractivity contribution in [1.29, 1.82) is 0 Å². The van der Waals surface area contributed by atoms with Gasteiger partial charge in [0.2, 0.25) is 0 Å². The van der Waals surface area contributed by atoms with Gasteiger partial charge in [-0.3, -0.25) is 0 Å². The van der Waals surface area contributed by atoms with E-state index >= 15 is 0 Å². The number of para-hydroxylation sites is 2. The van der Waals surface area contributed by atoms with E-state index < -0.39 is 0 Å². The number of rotatable bonds is 4. The van der Waals surface area contributed by atoms with Gasteiger partial charge in [-0.15, -0.1) is 0 Å². The predicted octanol–water partition coefficient (Wildman–Crippen LogP) is 10.6. The second-order valence-electron chi connectivity index (χ2n) is 9.78. The van der Waals surface area contributed by atoms with Gasteiger partial charge in [-0.1, -0.05) is 78.9 Å². The molecule has 0 radical (unpaired) electrons. The molecule has 3 heteroatoms. The summed E-state index contributed by atoms with van der Waals surface area (Å²) in [7, 11) is 0. The molecule has 0 aliphatic heterocycles. The Morgan fingerprint density at radius 2 is 0.974 bits per heavy atom. The molecule has 0 spiro atoms.